The number of amides is 1. The molecule has 1 N–H and O–H groups in total. The minimum Gasteiger partial charge on any atom is -0.459 e. The Balaban J connectivity index is 2.34. The Morgan fingerprint density at radius 1 is 1.15 bits per heavy atom. The van der Waals surface area contributed by atoms with Crippen molar-refractivity contribution < 1.29 is 14.3 Å². The maximum absolute atomic E-state index is 13.2. The first kappa shape index (κ1) is 27.4. The molecule has 5 nitrogen and oxygen atoms in total. The van der Waals surface area contributed by atoms with E-state index in [1.165, 1.54) is 6.08 Å². The Labute approximate surface area is 201 Å². The third kappa shape index (κ3) is 7.05. The molecule has 2 rings (SSSR count). The van der Waals surface area contributed by atoms with Crippen LogP contribution in [0.2, 0.25) is 0 Å². The van der Waals surface area contributed by atoms with Gasteiger partial charge >= 0.3 is 5.97 Å². The second-order valence-corrected chi connectivity index (χ2v) is 10.9. The van der Waals surface area contributed by atoms with Crippen molar-refractivity contribution in [3.05, 3.63) is 36.0 Å². The number of carbonyl (C=O) groups excluding carboxylic acids is 2. The second-order valence-electron chi connectivity index (χ2n) is 10.9. The lowest BCUT2D eigenvalue weighted by Gasteiger charge is -2.48. The van der Waals surface area contributed by atoms with Crippen LogP contribution in [0.5, 0.6) is 0 Å². The van der Waals surface area contributed by atoms with Crippen LogP contribution in [0.4, 0.5) is 0 Å². The van der Waals surface area contributed by atoms with Crippen LogP contribution in [0.1, 0.15) is 87.0 Å². The highest BCUT2D eigenvalue weighted by molar-refractivity contribution is 5.91. The highest BCUT2D eigenvalue weighted by atomic mass is 16.5. The van der Waals surface area contributed by atoms with Gasteiger partial charge in [-0.3, -0.25) is 10.1 Å². The number of nitrogens with one attached hydrogen (secondary N) is 1. The maximum atomic E-state index is 13.2. The molecule has 0 aromatic carbocycles. The van der Waals surface area contributed by atoms with Crippen LogP contribution in [-0.2, 0) is 14.3 Å². The molecule has 1 heterocycles. The van der Waals surface area contributed by atoms with Gasteiger partial charge in [-0.2, -0.15) is 0 Å². The van der Waals surface area contributed by atoms with E-state index >= 15 is 0 Å². The molecule has 1 spiro atoms. The van der Waals surface area contributed by atoms with Crippen LogP contribution in [0.15, 0.2) is 36.0 Å². The van der Waals surface area contributed by atoms with Crippen molar-refractivity contribution >= 4 is 11.9 Å². The van der Waals surface area contributed by atoms with Gasteiger partial charge in [0.2, 0.25) is 5.91 Å². The molecular formula is C28H46N2O3. The number of esters is 1. The standard InChI is InChI=1S/C28H46N2O3/c1-9-23(27(32)33-21(6)7)12-11-22(8)25(13-10-19(2)3)30-26(31)18-29-28(30)16-14-24(15-17-28)20(4)5/h9,11-12,19-21,24-25,29H,1,10,13-18H2,2-8H3/b22-11+,23-12+. The molecule has 0 bridgehead atoms. The predicted octanol–water partition coefficient (Wildman–Crippen LogP) is 5.78. The van der Waals surface area contributed by atoms with Gasteiger partial charge in [0.1, 0.15) is 0 Å². The molecule has 1 aliphatic carbocycles. The highest BCUT2D eigenvalue weighted by Gasteiger charge is 2.49. The number of carbonyl (C=O) groups is 2. The molecular weight excluding hydrogens is 412 g/mol. The van der Waals surface area contributed by atoms with Crippen LogP contribution < -0.4 is 5.32 Å². The fourth-order valence-corrected chi connectivity index (χ4v) is 5.21. The summed E-state index contributed by atoms with van der Waals surface area (Å²) in [6, 6.07) is 0.00827. The lowest BCUT2D eigenvalue weighted by molar-refractivity contribution is -0.142. The molecule has 0 radical (unpaired) electrons. The molecule has 0 aromatic rings. The van der Waals surface area contributed by atoms with E-state index in [1.54, 1.807) is 6.08 Å². The Hall–Kier alpha value is -1.88. The average molecular weight is 459 g/mol. The molecule has 1 amide bonds. The monoisotopic (exact) mass is 458 g/mol. The molecule has 2 fully saturated rings. The summed E-state index contributed by atoms with van der Waals surface area (Å²) in [6.07, 6.45) is 11.4. The first-order valence-corrected chi connectivity index (χ1v) is 12.8. The number of ether oxygens (including phenoxy) is 1. The lowest BCUT2D eigenvalue weighted by Crippen LogP contribution is -2.58. The summed E-state index contributed by atoms with van der Waals surface area (Å²) in [4.78, 5) is 27.7. The van der Waals surface area contributed by atoms with Gasteiger partial charge in [0, 0.05) is 0 Å². The van der Waals surface area contributed by atoms with E-state index in [-0.39, 0.29) is 29.7 Å². The fraction of sp³-hybridized carbons (Fsp3) is 0.714. The molecule has 1 saturated carbocycles. The molecule has 2 aliphatic rings. The van der Waals surface area contributed by atoms with Crippen LogP contribution in [0.3, 0.4) is 0 Å². The minimum atomic E-state index is -0.370. The van der Waals surface area contributed by atoms with E-state index in [0.29, 0.717) is 24.0 Å². The van der Waals surface area contributed by atoms with Crippen molar-refractivity contribution in [3.63, 3.8) is 0 Å². The Morgan fingerprint density at radius 2 is 1.79 bits per heavy atom. The van der Waals surface area contributed by atoms with Crippen molar-refractivity contribution in [1.29, 1.82) is 0 Å². The molecule has 0 aromatic heterocycles. The largest absolute Gasteiger partial charge is 0.459 e. The van der Waals surface area contributed by atoms with E-state index in [1.807, 2.05) is 19.9 Å². The molecule has 1 aliphatic heterocycles. The van der Waals surface area contributed by atoms with Gasteiger partial charge in [-0.25, -0.2) is 4.79 Å². The van der Waals surface area contributed by atoms with E-state index in [2.05, 4.69) is 51.4 Å². The van der Waals surface area contributed by atoms with Gasteiger partial charge in [0.25, 0.3) is 0 Å². The zero-order valence-electron chi connectivity index (χ0n) is 21.9. The van der Waals surface area contributed by atoms with Crippen LogP contribution in [0.25, 0.3) is 0 Å². The Morgan fingerprint density at radius 3 is 2.30 bits per heavy atom. The molecule has 33 heavy (non-hydrogen) atoms. The van der Waals surface area contributed by atoms with Gasteiger partial charge in [0.15, 0.2) is 0 Å². The summed E-state index contributed by atoms with van der Waals surface area (Å²) in [5.74, 6) is 1.78. The summed E-state index contributed by atoms with van der Waals surface area (Å²) in [5.41, 5.74) is 1.28. The molecule has 1 unspecified atom stereocenters. The fourth-order valence-electron chi connectivity index (χ4n) is 5.21. The van der Waals surface area contributed by atoms with Crippen LogP contribution in [0, 0.1) is 17.8 Å². The number of hydrogen-bond acceptors (Lipinski definition) is 4. The molecule has 186 valence electrons. The topological polar surface area (TPSA) is 58.6 Å². The van der Waals surface area contributed by atoms with E-state index < -0.39 is 0 Å². The van der Waals surface area contributed by atoms with Crippen molar-refractivity contribution in [1.82, 2.24) is 10.2 Å². The summed E-state index contributed by atoms with van der Waals surface area (Å²) < 4.78 is 5.33. The van der Waals surface area contributed by atoms with Gasteiger partial charge in [-0.15, -0.1) is 0 Å². The summed E-state index contributed by atoms with van der Waals surface area (Å²) >= 11 is 0. The van der Waals surface area contributed by atoms with Crippen LogP contribution in [-0.4, -0.2) is 41.1 Å². The molecule has 5 heteroatoms. The lowest BCUT2D eigenvalue weighted by atomic mass is 9.75. The third-order valence-electron chi connectivity index (χ3n) is 7.28. The average Bonchev–Trinajstić information content (AvgIpc) is 3.04. The minimum absolute atomic E-state index is 0.00827. The van der Waals surface area contributed by atoms with E-state index in [9.17, 15) is 9.59 Å². The molecule has 1 saturated heterocycles. The van der Waals surface area contributed by atoms with Gasteiger partial charge in [-0.05, 0) is 83.1 Å². The first-order chi connectivity index (χ1) is 15.5. The summed E-state index contributed by atoms with van der Waals surface area (Å²) in [6.45, 7) is 19.0. The SMILES string of the molecule is C=C/C(=C\C=C(/C)C(CCC(C)C)N1C(=O)CNC12CCC(C(C)C)CC2)C(=O)OC(C)C. The van der Waals surface area contributed by atoms with E-state index in [4.69, 9.17) is 4.74 Å². The number of rotatable bonds is 10. The van der Waals surface area contributed by atoms with Crippen molar-refractivity contribution in [2.45, 2.75) is 105 Å². The van der Waals surface area contributed by atoms with Crippen molar-refractivity contribution in [2.24, 2.45) is 17.8 Å². The predicted molar refractivity (Wildman–Crippen MR) is 136 cm³/mol. The zero-order valence-corrected chi connectivity index (χ0v) is 21.9. The third-order valence-corrected chi connectivity index (χ3v) is 7.28. The smallest absolute Gasteiger partial charge is 0.338 e. The maximum Gasteiger partial charge on any atom is 0.338 e. The summed E-state index contributed by atoms with van der Waals surface area (Å²) in [5, 5.41) is 3.61. The highest BCUT2D eigenvalue weighted by Crippen LogP contribution is 2.42. The van der Waals surface area contributed by atoms with Gasteiger partial charge in [0.05, 0.1) is 29.9 Å². The van der Waals surface area contributed by atoms with Crippen LogP contribution >= 0.6 is 0 Å². The van der Waals surface area contributed by atoms with Gasteiger partial charge < -0.3 is 9.64 Å². The molecule has 1 atom stereocenters. The number of nitrogens with zero attached hydrogens (tertiary/aromatic N) is 1. The Bertz CT molecular complexity index is 755. The normalized spacial score (nSPS) is 25.5. The summed E-state index contributed by atoms with van der Waals surface area (Å²) in [7, 11) is 0. The quantitative estimate of drug-likeness (QED) is 0.256. The Kier molecular flexibility index (Phi) is 9.96. The van der Waals surface area contributed by atoms with E-state index in [0.717, 1.165) is 50.0 Å². The first-order valence-electron chi connectivity index (χ1n) is 12.8. The number of hydrogen-bond donors (Lipinski definition) is 1. The van der Waals surface area contributed by atoms with Gasteiger partial charge in [-0.1, -0.05) is 52.0 Å². The van der Waals surface area contributed by atoms with Crippen molar-refractivity contribution in [2.75, 3.05) is 6.54 Å². The zero-order chi connectivity index (χ0) is 24.8. The second kappa shape index (κ2) is 12.0. The number of allylic oxidation sites excluding steroid dienone is 2. The van der Waals surface area contributed by atoms with Crippen molar-refractivity contribution in [3.8, 4) is 0 Å².